The summed E-state index contributed by atoms with van der Waals surface area (Å²) in [5.41, 5.74) is 1.89. The maximum absolute atomic E-state index is 10.8. The number of nitrogens with one attached hydrogen (secondary N) is 1. The molecule has 0 bridgehead atoms. The van der Waals surface area contributed by atoms with E-state index in [1.165, 1.54) is 7.11 Å². The molecule has 0 saturated carbocycles. The van der Waals surface area contributed by atoms with Crippen LogP contribution in [-0.4, -0.2) is 18.6 Å². The molecule has 0 spiro atoms. The number of fused-ring (bicyclic) bond motifs is 1. The minimum Gasteiger partial charge on any atom is -0.490 e. The first-order valence-electron chi connectivity index (χ1n) is 5.06. The Kier molecular flexibility index (Phi) is 2.26. The third-order valence-corrected chi connectivity index (χ3v) is 2.97. The quantitative estimate of drug-likeness (QED) is 0.616. The van der Waals surface area contributed by atoms with Gasteiger partial charge in [-0.1, -0.05) is 13.8 Å². The number of rotatable bonds is 2. The fourth-order valence-corrected chi connectivity index (χ4v) is 1.99. The first kappa shape index (κ1) is 10.7. The Balaban J connectivity index is 2.60. The van der Waals surface area contributed by atoms with Gasteiger partial charge in [0.1, 0.15) is 0 Å². The average Bonchev–Trinajstić information content (AvgIpc) is 2.53. The summed E-state index contributed by atoms with van der Waals surface area (Å²) in [6.45, 7) is 4.97. The summed E-state index contributed by atoms with van der Waals surface area (Å²) in [5.74, 6) is 0.320. The third kappa shape index (κ3) is 1.48. The van der Waals surface area contributed by atoms with Gasteiger partial charge in [-0.25, -0.2) is 0 Å². The summed E-state index contributed by atoms with van der Waals surface area (Å²) in [6, 6.07) is 3.30. The van der Waals surface area contributed by atoms with Crippen LogP contribution in [-0.2, 0) is 5.41 Å². The molecule has 1 aromatic carbocycles. The highest BCUT2D eigenvalue weighted by molar-refractivity contribution is 5.68. The Labute approximate surface area is 93.6 Å². The molecule has 2 rings (SSSR count). The zero-order valence-electron chi connectivity index (χ0n) is 9.53. The van der Waals surface area contributed by atoms with Gasteiger partial charge in [-0.05, 0) is 11.6 Å². The second kappa shape index (κ2) is 3.37. The molecule has 0 amide bonds. The SMILES string of the molecule is COc1cc2c(cc1[N+](=O)[O-])NCC2(C)C. The molecule has 1 aromatic rings. The highest BCUT2D eigenvalue weighted by Crippen LogP contribution is 2.42. The number of nitro groups is 1. The van der Waals surface area contributed by atoms with Crippen LogP contribution in [0.2, 0.25) is 0 Å². The average molecular weight is 222 g/mol. The molecule has 16 heavy (non-hydrogen) atoms. The van der Waals surface area contributed by atoms with Crippen molar-refractivity contribution in [3.8, 4) is 5.75 Å². The molecule has 1 aliphatic rings. The Morgan fingerprint density at radius 2 is 2.19 bits per heavy atom. The summed E-state index contributed by atoms with van der Waals surface area (Å²) < 4.78 is 5.06. The predicted octanol–water partition coefficient (Wildman–Crippen LogP) is 2.31. The Morgan fingerprint density at radius 1 is 1.50 bits per heavy atom. The number of benzene rings is 1. The smallest absolute Gasteiger partial charge is 0.312 e. The van der Waals surface area contributed by atoms with E-state index in [2.05, 4.69) is 19.2 Å². The number of anilines is 1. The molecular formula is C11H14N2O3. The standard InChI is InChI=1S/C11H14N2O3/c1-11(2)6-12-8-5-9(13(14)15)10(16-3)4-7(8)11/h4-5,12H,6H2,1-3H3. The molecule has 1 aliphatic heterocycles. The summed E-state index contributed by atoms with van der Waals surface area (Å²) >= 11 is 0. The van der Waals surface area contributed by atoms with Gasteiger partial charge in [0.25, 0.3) is 0 Å². The lowest BCUT2D eigenvalue weighted by Gasteiger charge is -2.17. The maximum Gasteiger partial charge on any atom is 0.312 e. The van der Waals surface area contributed by atoms with Gasteiger partial charge in [-0.15, -0.1) is 0 Å². The van der Waals surface area contributed by atoms with Crippen LogP contribution in [0.25, 0.3) is 0 Å². The van der Waals surface area contributed by atoms with Crippen LogP contribution < -0.4 is 10.1 Å². The van der Waals surface area contributed by atoms with Crippen LogP contribution in [0.3, 0.4) is 0 Å². The topological polar surface area (TPSA) is 64.4 Å². The molecule has 0 aliphatic carbocycles. The number of hydrogen-bond donors (Lipinski definition) is 1. The fourth-order valence-electron chi connectivity index (χ4n) is 1.99. The van der Waals surface area contributed by atoms with E-state index < -0.39 is 4.92 Å². The van der Waals surface area contributed by atoms with Gasteiger partial charge in [-0.3, -0.25) is 10.1 Å². The maximum atomic E-state index is 10.8. The highest BCUT2D eigenvalue weighted by Gasteiger charge is 2.33. The third-order valence-electron chi connectivity index (χ3n) is 2.97. The van der Waals surface area contributed by atoms with Crippen molar-refractivity contribution in [2.75, 3.05) is 19.0 Å². The van der Waals surface area contributed by atoms with Crippen molar-refractivity contribution in [2.45, 2.75) is 19.3 Å². The van der Waals surface area contributed by atoms with Gasteiger partial charge in [-0.2, -0.15) is 0 Å². The Bertz CT molecular complexity index is 455. The molecule has 0 fully saturated rings. The molecule has 1 N–H and O–H groups in total. The zero-order chi connectivity index (χ0) is 11.9. The number of ether oxygens (including phenoxy) is 1. The molecule has 0 saturated heterocycles. The van der Waals surface area contributed by atoms with Crippen molar-refractivity contribution >= 4 is 11.4 Å². The van der Waals surface area contributed by atoms with Crippen LogP contribution in [0, 0.1) is 10.1 Å². The lowest BCUT2D eigenvalue weighted by atomic mass is 9.87. The summed E-state index contributed by atoms with van der Waals surface area (Å²) in [4.78, 5) is 10.4. The monoisotopic (exact) mass is 222 g/mol. The zero-order valence-corrected chi connectivity index (χ0v) is 9.53. The van der Waals surface area contributed by atoms with Gasteiger partial charge in [0.05, 0.1) is 12.0 Å². The Morgan fingerprint density at radius 3 is 2.75 bits per heavy atom. The summed E-state index contributed by atoms with van der Waals surface area (Å²) in [7, 11) is 1.45. The van der Waals surface area contributed by atoms with Gasteiger partial charge >= 0.3 is 5.69 Å². The van der Waals surface area contributed by atoms with E-state index in [1.54, 1.807) is 12.1 Å². The normalized spacial score (nSPS) is 16.4. The van der Waals surface area contributed by atoms with Gasteiger partial charge < -0.3 is 10.1 Å². The highest BCUT2D eigenvalue weighted by atomic mass is 16.6. The van der Waals surface area contributed by atoms with Gasteiger partial charge in [0.2, 0.25) is 0 Å². The molecule has 86 valence electrons. The molecule has 0 aromatic heterocycles. The van der Waals surface area contributed by atoms with Gasteiger partial charge in [0.15, 0.2) is 5.75 Å². The van der Waals surface area contributed by atoms with E-state index in [9.17, 15) is 10.1 Å². The van der Waals surface area contributed by atoms with Crippen LogP contribution >= 0.6 is 0 Å². The second-order valence-electron chi connectivity index (χ2n) is 4.56. The molecule has 0 radical (unpaired) electrons. The van der Waals surface area contributed by atoms with E-state index in [4.69, 9.17) is 4.74 Å². The van der Waals surface area contributed by atoms with Crippen LogP contribution in [0.5, 0.6) is 5.75 Å². The van der Waals surface area contributed by atoms with E-state index in [0.29, 0.717) is 5.75 Å². The van der Waals surface area contributed by atoms with E-state index in [1.807, 2.05) is 0 Å². The fraction of sp³-hybridized carbons (Fsp3) is 0.455. The van der Waals surface area contributed by atoms with E-state index in [-0.39, 0.29) is 11.1 Å². The van der Waals surface area contributed by atoms with E-state index in [0.717, 1.165) is 17.8 Å². The summed E-state index contributed by atoms with van der Waals surface area (Å²) in [5, 5.41) is 14.0. The predicted molar refractivity (Wildman–Crippen MR) is 61.2 cm³/mol. The van der Waals surface area contributed by atoms with Gasteiger partial charge in [0, 0.05) is 23.7 Å². The minimum atomic E-state index is -0.424. The van der Waals surface area contributed by atoms with Crippen LogP contribution in [0.15, 0.2) is 12.1 Å². The van der Waals surface area contributed by atoms with Crippen LogP contribution in [0.4, 0.5) is 11.4 Å². The van der Waals surface area contributed by atoms with Crippen LogP contribution in [0.1, 0.15) is 19.4 Å². The molecule has 0 atom stereocenters. The van der Waals surface area contributed by atoms with Crippen molar-refractivity contribution in [2.24, 2.45) is 0 Å². The van der Waals surface area contributed by atoms with Crippen molar-refractivity contribution in [1.29, 1.82) is 0 Å². The lowest BCUT2D eigenvalue weighted by Crippen LogP contribution is -2.18. The summed E-state index contributed by atoms with van der Waals surface area (Å²) in [6.07, 6.45) is 0. The molecule has 1 heterocycles. The van der Waals surface area contributed by atoms with Crippen molar-refractivity contribution in [3.05, 3.63) is 27.8 Å². The molecular weight excluding hydrogens is 208 g/mol. The number of nitrogens with zero attached hydrogens (tertiary/aromatic N) is 1. The lowest BCUT2D eigenvalue weighted by molar-refractivity contribution is -0.385. The largest absolute Gasteiger partial charge is 0.490 e. The van der Waals surface area contributed by atoms with Crippen molar-refractivity contribution < 1.29 is 9.66 Å². The first-order valence-corrected chi connectivity index (χ1v) is 5.06. The van der Waals surface area contributed by atoms with Crippen molar-refractivity contribution in [3.63, 3.8) is 0 Å². The molecule has 0 unspecified atom stereocenters. The molecule has 5 heteroatoms. The second-order valence-corrected chi connectivity index (χ2v) is 4.56. The minimum absolute atomic E-state index is 0.00597. The van der Waals surface area contributed by atoms with E-state index >= 15 is 0 Å². The Hall–Kier alpha value is -1.78. The first-order chi connectivity index (χ1) is 7.45. The number of nitro benzene ring substituents is 1. The molecule has 5 nitrogen and oxygen atoms in total. The number of hydrogen-bond acceptors (Lipinski definition) is 4. The number of methoxy groups -OCH3 is 1. The van der Waals surface area contributed by atoms with Crippen molar-refractivity contribution in [1.82, 2.24) is 0 Å².